The van der Waals surface area contributed by atoms with E-state index in [1.165, 1.54) is 4.90 Å². The van der Waals surface area contributed by atoms with Crippen molar-refractivity contribution in [2.75, 3.05) is 0 Å². The molecule has 0 saturated carbocycles. The minimum absolute atomic E-state index is 0.195. The molecule has 0 aromatic heterocycles. The number of morpholine rings is 1. The smallest absolute Gasteiger partial charge is 0.266 e. The van der Waals surface area contributed by atoms with Crippen LogP contribution < -0.4 is 0 Å². The number of piperidine rings is 1. The van der Waals surface area contributed by atoms with E-state index in [2.05, 4.69) is 0 Å². The third-order valence-electron chi connectivity index (χ3n) is 5.43. The average molecular weight is 321 g/mol. The van der Waals surface area contributed by atoms with Crippen molar-refractivity contribution in [1.29, 1.82) is 0 Å². The molecule has 3 atom stereocenters. The van der Waals surface area contributed by atoms with Gasteiger partial charge in [0.15, 0.2) is 11.2 Å². The van der Waals surface area contributed by atoms with Crippen molar-refractivity contribution in [2.45, 2.75) is 31.6 Å². The molecular formula is C20H19NO3. The Balaban J connectivity index is 1.76. The van der Waals surface area contributed by atoms with Gasteiger partial charge in [-0.1, -0.05) is 67.6 Å². The van der Waals surface area contributed by atoms with E-state index in [1.807, 2.05) is 67.6 Å². The molecule has 2 amide bonds. The molecule has 0 aliphatic carbocycles. The molecule has 5 rings (SSSR count). The van der Waals surface area contributed by atoms with Gasteiger partial charge in [-0.2, -0.15) is 0 Å². The molecule has 3 aliphatic heterocycles. The van der Waals surface area contributed by atoms with E-state index in [-0.39, 0.29) is 24.3 Å². The highest BCUT2D eigenvalue weighted by Crippen LogP contribution is 2.58. The van der Waals surface area contributed by atoms with Crippen LogP contribution in [0, 0.1) is 5.92 Å². The molecule has 3 aliphatic rings. The van der Waals surface area contributed by atoms with E-state index in [0.717, 1.165) is 11.1 Å². The summed E-state index contributed by atoms with van der Waals surface area (Å²) in [6.45, 7) is 3.98. The molecular weight excluding hydrogens is 302 g/mol. The van der Waals surface area contributed by atoms with Gasteiger partial charge in [0.25, 0.3) is 11.8 Å². The quantitative estimate of drug-likeness (QED) is 0.817. The lowest BCUT2D eigenvalue weighted by molar-refractivity contribution is -0.315. The van der Waals surface area contributed by atoms with Gasteiger partial charge < -0.3 is 4.74 Å². The summed E-state index contributed by atoms with van der Waals surface area (Å²) in [5.74, 6) is -0.708. The number of ether oxygens (including phenoxy) is 1. The van der Waals surface area contributed by atoms with Crippen LogP contribution in [0.3, 0.4) is 0 Å². The van der Waals surface area contributed by atoms with Crippen molar-refractivity contribution in [2.24, 2.45) is 5.92 Å². The molecule has 0 unspecified atom stereocenters. The standard InChI is InChI=1S/C20H19NO3/c1-14-19(2)17(22)21(13-15-9-5-3-6-10-15)18(23)20(14,24-19)16-11-7-4-8-12-16/h3-12,14H,13H2,1-2H3/t14-,19-,20-/m1/s1. The van der Waals surface area contributed by atoms with Crippen LogP contribution in [0.5, 0.6) is 0 Å². The normalized spacial score (nSPS) is 31.8. The molecule has 2 bridgehead atoms. The number of fused-ring (bicyclic) bond motifs is 2. The molecule has 2 aromatic rings. The van der Waals surface area contributed by atoms with Gasteiger partial charge in [0, 0.05) is 5.92 Å². The molecule has 2 aromatic carbocycles. The minimum atomic E-state index is -1.06. The van der Waals surface area contributed by atoms with Gasteiger partial charge in [0.2, 0.25) is 0 Å². The third-order valence-corrected chi connectivity index (χ3v) is 5.43. The van der Waals surface area contributed by atoms with Crippen molar-refractivity contribution < 1.29 is 14.3 Å². The molecule has 3 fully saturated rings. The Morgan fingerprint density at radius 3 is 2.12 bits per heavy atom. The third kappa shape index (κ3) is 1.77. The van der Waals surface area contributed by atoms with Crippen LogP contribution in [0.15, 0.2) is 60.7 Å². The van der Waals surface area contributed by atoms with Crippen molar-refractivity contribution >= 4 is 11.8 Å². The lowest BCUT2D eigenvalue weighted by atomic mass is 9.62. The fourth-order valence-corrected chi connectivity index (χ4v) is 3.89. The van der Waals surface area contributed by atoms with Crippen molar-refractivity contribution in [1.82, 2.24) is 4.90 Å². The van der Waals surface area contributed by atoms with Crippen LogP contribution in [-0.2, 0) is 26.5 Å². The van der Waals surface area contributed by atoms with Crippen LogP contribution >= 0.6 is 0 Å². The molecule has 0 spiro atoms. The number of imide groups is 1. The van der Waals surface area contributed by atoms with Crippen LogP contribution in [-0.4, -0.2) is 22.3 Å². The van der Waals surface area contributed by atoms with Crippen molar-refractivity contribution in [3.8, 4) is 0 Å². The number of benzene rings is 2. The SMILES string of the molecule is C[C@@H]1[C@@]2(C)O[C@]1(c1ccccc1)C(=O)N(Cc1ccccc1)C2=O. The van der Waals surface area contributed by atoms with E-state index >= 15 is 0 Å². The first kappa shape index (κ1) is 15.1. The Labute approximate surface area is 141 Å². The Hall–Kier alpha value is -2.46. The van der Waals surface area contributed by atoms with E-state index in [1.54, 1.807) is 6.92 Å². The lowest BCUT2D eigenvalue weighted by Gasteiger charge is -2.63. The summed E-state index contributed by atoms with van der Waals surface area (Å²) in [5.41, 5.74) is -0.262. The van der Waals surface area contributed by atoms with E-state index < -0.39 is 11.2 Å². The number of amides is 2. The minimum Gasteiger partial charge on any atom is -0.343 e. The second kappa shape index (κ2) is 5.02. The summed E-state index contributed by atoms with van der Waals surface area (Å²) in [5, 5.41) is 0. The summed E-state index contributed by atoms with van der Waals surface area (Å²) in [6, 6.07) is 19.0. The maximum Gasteiger partial charge on any atom is 0.266 e. The number of hydrogen-bond donors (Lipinski definition) is 0. The highest BCUT2D eigenvalue weighted by molar-refractivity contribution is 6.09. The topological polar surface area (TPSA) is 46.6 Å². The summed E-state index contributed by atoms with van der Waals surface area (Å²) < 4.78 is 6.00. The first-order chi connectivity index (χ1) is 11.5. The zero-order chi connectivity index (χ0) is 16.9. The highest BCUT2D eigenvalue weighted by atomic mass is 16.6. The first-order valence-electron chi connectivity index (χ1n) is 8.16. The summed E-state index contributed by atoms with van der Waals surface area (Å²) in [6.07, 6.45) is 0. The zero-order valence-corrected chi connectivity index (χ0v) is 13.7. The molecule has 4 heteroatoms. The monoisotopic (exact) mass is 321 g/mol. The Bertz CT molecular complexity index is 804. The fraction of sp³-hybridized carbons (Fsp3) is 0.300. The molecule has 4 nitrogen and oxygen atoms in total. The first-order valence-corrected chi connectivity index (χ1v) is 8.16. The number of carbonyl (C=O) groups is 2. The predicted octanol–water partition coefficient (Wildman–Crippen LogP) is 2.88. The number of hydrogen-bond acceptors (Lipinski definition) is 3. The van der Waals surface area contributed by atoms with Gasteiger partial charge in [-0.3, -0.25) is 14.5 Å². The summed E-state index contributed by atoms with van der Waals surface area (Å²) >= 11 is 0. The molecule has 3 saturated heterocycles. The molecule has 24 heavy (non-hydrogen) atoms. The molecule has 122 valence electrons. The number of rotatable bonds is 3. The van der Waals surface area contributed by atoms with E-state index in [9.17, 15) is 9.59 Å². The van der Waals surface area contributed by atoms with Gasteiger partial charge in [-0.25, -0.2) is 0 Å². The van der Waals surface area contributed by atoms with Gasteiger partial charge in [0.1, 0.15) is 0 Å². The second-order valence-electron chi connectivity index (χ2n) is 6.71. The Morgan fingerprint density at radius 1 is 0.958 bits per heavy atom. The Morgan fingerprint density at radius 2 is 1.54 bits per heavy atom. The maximum absolute atomic E-state index is 13.2. The zero-order valence-electron chi connectivity index (χ0n) is 13.7. The van der Waals surface area contributed by atoms with Gasteiger partial charge in [0.05, 0.1) is 6.54 Å². The number of carbonyl (C=O) groups excluding carboxylic acids is 2. The molecule has 3 heterocycles. The highest BCUT2D eigenvalue weighted by Gasteiger charge is 2.74. The van der Waals surface area contributed by atoms with Crippen LogP contribution in [0.1, 0.15) is 25.0 Å². The van der Waals surface area contributed by atoms with Crippen molar-refractivity contribution in [3.05, 3.63) is 71.8 Å². The molecule has 0 radical (unpaired) electrons. The van der Waals surface area contributed by atoms with Crippen LogP contribution in [0.25, 0.3) is 0 Å². The van der Waals surface area contributed by atoms with E-state index in [0.29, 0.717) is 0 Å². The largest absolute Gasteiger partial charge is 0.343 e. The van der Waals surface area contributed by atoms with Crippen molar-refractivity contribution in [3.63, 3.8) is 0 Å². The lowest BCUT2D eigenvalue weighted by Crippen LogP contribution is -2.80. The molecule has 0 N–H and O–H groups in total. The van der Waals surface area contributed by atoms with Gasteiger partial charge in [-0.05, 0) is 18.1 Å². The summed E-state index contributed by atoms with van der Waals surface area (Å²) in [7, 11) is 0. The summed E-state index contributed by atoms with van der Waals surface area (Å²) in [4.78, 5) is 27.4. The Kier molecular flexibility index (Phi) is 3.15. The number of nitrogens with zero attached hydrogens (tertiary/aromatic N) is 1. The average Bonchev–Trinajstić information content (AvgIpc) is 2.63. The fourth-order valence-electron chi connectivity index (χ4n) is 3.89. The van der Waals surface area contributed by atoms with Gasteiger partial charge >= 0.3 is 0 Å². The van der Waals surface area contributed by atoms with Gasteiger partial charge in [-0.15, -0.1) is 0 Å². The van der Waals surface area contributed by atoms with E-state index in [4.69, 9.17) is 4.74 Å². The predicted molar refractivity (Wildman–Crippen MR) is 88.8 cm³/mol. The second-order valence-corrected chi connectivity index (χ2v) is 6.71. The maximum atomic E-state index is 13.2. The van der Waals surface area contributed by atoms with Crippen LogP contribution in [0.2, 0.25) is 0 Å². The van der Waals surface area contributed by atoms with Crippen LogP contribution in [0.4, 0.5) is 0 Å².